The van der Waals surface area contributed by atoms with E-state index >= 15 is 0 Å². The summed E-state index contributed by atoms with van der Waals surface area (Å²) in [6, 6.07) is -0.617. The Labute approximate surface area is 481 Å². The molecule has 3 aliphatic heterocycles. The number of carboxylic acids is 1. The number of benzene rings is 1. The van der Waals surface area contributed by atoms with Gasteiger partial charge in [0.25, 0.3) is 0 Å². The van der Waals surface area contributed by atoms with E-state index in [1.54, 1.807) is 30.3 Å². The fraction of sp³-hybridized carbons (Fsp3) is 0.635. The smallest absolute Gasteiger partial charge is 0.326 e. The molecular weight excluding hydrogens is 1080 g/mol. The van der Waals surface area contributed by atoms with E-state index in [2.05, 4.69) is 46.9 Å². The highest BCUT2D eigenvalue weighted by Crippen LogP contribution is 2.27. The quantitative estimate of drug-likeness (QED) is 0.0181. The van der Waals surface area contributed by atoms with Crippen LogP contribution in [-0.4, -0.2) is 209 Å². The summed E-state index contributed by atoms with van der Waals surface area (Å²) in [7, 11) is 0. The van der Waals surface area contributed by atoms with Crippen LogP contribution in [0.4, 0.5) is 0 Å². The van der Waals surface area contributed by atoms with Crippen LogP contribution in [0, 0.1) is 5.92 Å². The predicted molar refractivity (Wildman–Crippen MR) is 304 cm³/mol. The van der Waals surface area contributed by atoms with Gasteiger partial charge in [0, 0.05) is 52.1 Å². The van der Waals surface area contributed by atoms with Crippen molar-refractivity contribution >= 4 is 77.0 Å². The molecule has 9 amide bonds. The van der Waals surface area contributed by atoms with Crippen LogP contribution in [0.25, 0.3) is 0 Å². The van der Waals surface area contributed by atoms with Gasteiger partial charge >= 0.3 is 5.97 Å². The van der Waals surface area contributed by atoms with Gasteiger partial charge in [-0.25, -0.2) is 4.79 Å². The van der Waals surface area contributed by atoms with Crippen molar-refractivity contribution in [2.24, 2.45) is 61.0 Å². The Balaban J connectivity index is 1.39. The van der Waals surface area contributed by atoms with Crippen molar-refractivity contribution in [2.75, 3.05) is 52.4 Å². The second kappa shape index (κ2) is 33.5. The van der Waals surface area contributed by atoms with Crippen LogP contribution in [0.5, 0.6) is 0 Å². The molecule has 0 spiro atoms. The van der Waals surface area contributed by atoms with Crippen molar-refractivity contribution in [3.05, 3.63) is 35.9 Å². The zero-order valence-corrected chi connectivity index (χ0v) is 47.2. The van der Waals surface area contributed by atoms with Crippen molar-refractivity contribution in [2.45, 2.75) is 152 Å². The molecule has 1 aromatic rings. The molecule has 3 aliphatic rings. The molecule has 31 heteroatoms. The van der Waals surface area contributed by atoms with Gasteiger partial charge in [0.05, 0.1) is 25.2 Å². The van der Waals surface area contributed by atoms with E-state index in [9.17, 15) is 58.2 Å². The number of rotatable bonds is 32. The first kappa shape index (κ1) is 67.2. The Bertz CT molecular complexity index is 2510. The fourth-order valence-electron chi connectivity index (χ4n) is 9.99. The van der Waals surface area contributed by atoms with E-state index < -0.39 is 127 Å². The zero-order valence-electron chi connectivity index (χ0n) is 47.2. The monoisotopic (exact) mass is 1170 g/mol. The number of guanidine groups is 3. The lowest BCUT2D eigenvalue weighted by atomic mass is 10.0. The zero-order chi connectivity index (χ0) is 61.3. The highest BCUT2D eigenvalue weighted by atomic mass is 16.4. The molecule has 22 N–H and O–H groups in total. The SMILES string of the molecule is CC(C)C[C@H](NC(=O)[C@@H]1CCCN1C(=O)CNC(=O)[C@H](Cc1ccccc1)NC(=O)CNC(=O)[C@@H]1C[C@@H](O)CN1C(=O)[C@@H]1CCCN1C(=O)[C@H](CCCN=C(N)N)NC(=O)[C@H](N)CCCN=C(N)N)C(=O)N[C@@H](CCCN=C(N)N)C(=O)O. The standard InChI is InChI=1S/C52H85N19O12/c1-29(2)23-35(44(77)67-34(49(82)83)15-8-20-62-52(58)59)68-46(79)37-16-9-21-69(37)41(74)27-64-43(76)36(24-30-11-4-3-5-12-30)65-40(73)26-63-45(78)39-25-31(72)28-71(39)48(81)38-17-10-22-70(38)47(80)33(14-7-19-61-51(56)57)66-42(75)32(53)13-6-18-60-50(54)55/h3-5,11-12,29,31-39,72H,6-10,13-28,53H2,1-2H3,(H,63,78)(H,64,76)(H,65,73)(H,66,75)(H,67,77)(H,68,79)(H,82,83)(H4,54,55,60)(H4,56,57,61)(H4,58,59,62)/t31-,32-,33+,34+,35+,36+,37+,38+,39+/m1/s1. The molecule has 3 saturated heterocycles. The second-order valence-corrected chi connectivity index (χ2v) is 21.2. The third-order valence-electron chi connectivity index (χ3n) is 14.1. The number of nitrogens with two attached hydrogens (primary N) is 7. The van der Waals surface area contributed by atoms with Crippen LogP contribution < -0.4 is 72.0 Å². The molecule has 0 radical (unpaired) electrons. The van der Waals surface area contributed by atoms with Crippen LogP contribution in [0.1, 0.15) is 96.5 Å². The van der Waals surface area contributed by atoms with Gasteiger partial charge in [0.2, 0.25) is 53.2 Å². The molecule has 3 fully saturated rings. The summed E-state index contributed by atoms with van der Waals surface area (Å²) in [4.78, 5) is 151. The van der Waals surface area contributed by atoms with Crippen LogP contribution in [0.15, 0.2) is 45.3 Å². The van der Waals surface area contributed by atoms with E-state index in [1.807, 2.05) is 13.8 Å². The molecule has 0 unspecified atom stereocenters. The van der Waals surface area contributed by atoms with Crippen LogP contribution in [-0.2, 0) is 54.4 Å². The summed E-state index contributed by atoms with van der Waals surface area (Å²) in [5.41, 5.74) is 39.2. The van der Waals surface area contributed by atoms with Gasteiger partial charge in [0.1, 0.15) is 42.3 Å². The number of hydrogen-bond donors (Lipinski definition) is 15. The van der Waals surface area contributed by atoms with E-state index in [0.29, 0.717) is 24.8 Å². The highest BCUT2D eigenvalue weighted by Gasteiger charge is 2.46. The number of likely N-dealkylation sites (tertiary alicyclic amines) is 3. The summed E-state index contributed by atoms with van der Waals surface area (Å²) in [5.74, 6) is -8.08. The molecule has 4 rings (SSSR count). The average molecular weight is 1170 g/mol. The van der Waals surface area contributed by atoms with Crippen molar-refractivity contribution < 1.29 is 58.2 Å². The summed E-state index contributed by atoms with van der Waals surface area (Å²) in [6.07, 6.45) is 1.22. The predicted octanol–water partition coefficient (Wildman–Crippen LogP) is -6.04. The minimum atomic E-state index is -1.30. The number of carbonyl (C=O) groups excluding carboxylic acids is 9. The summed E-state index contributed by atoms with van der Waals surface area (Å²) >= 11 is 0. The van der Waals surface area contributed by atoms with Gasteiger partial charge < -0.3 is 96.9 Å². The number of amides is 9. The molecule has 31 nitrogen and oxygen atoms in total. The number of aliphatic hydroxyl groups is 1. The van der Waals surface area contributed by atoms with Crippen LogP contribution in [0.3, 0.4) is 0 Å². The van der Waals surface area contributed by atoms with Crippen LogP contribution in [0.2, 0.25) is 0 Å². The van der Waals surface area contributed by atoms with Crippen molar-refractivity contribution in [1.29, 1.82) is 0 Å². The largest absolute Gasteiger partial charge is 0.480 e. The average Bonchev–Trinajstić information content (AvgIpc) is 4.33. The number of aliphatic carboxylic acids is 1. The number of carboxylic acid groups (broad SMARTS) is 1. The maximum atomic E-state index is 14.3. The van der Waals surface area contributed by atoms with Gasteiger partial charge in [-0.15, -0.1) is 0 Å². The Kier molecular flexibility index (Phi) is 27.1. The van der Waals surface area contributed by atoms with Gasteiger partial charge in [-0.1, -0.05) is 44.2 Å². The van der Waals surface area contributed by atoms with Gasteiger partial charge in [-0.2, -0.15) is 0 Å². The van der Waals surface area contributed by atoms with Crippen molar-refractivity contribution in [3.8, 4) is 0 Å². The summed E-state index contributed by atoms with van der Waals surface area (Å²) in [5, 5.41) is 36.1. The van der Waals surface area contributed by atoms with Gasteiger partial charge in [0.15, 0.2) is 17.9 Å². The van der Waals surface area contributed by atoms with Crippen molar-refractivity contribution in [3.63, 3.8) is 0 Å². The topological polar surface area (TPSA) is 512 Å². The molecule has 0 aliphatic carbocycles. The highest BCUT2D eigenvalue weighted by molar-refractivity contribution is 5.98. The van der Waals surface area contributed by atoms with Crippen molar-refractivity contribution in [1.82, 2.24) is 46.6 Å². The first-order valence-electron chi connectivity index (χ1n) is 27.9. The molecule has 0 saturated carbocycles. The minimum Gasteiger partial charge on any atom is -0.480 e. The third-order valence-corrected chi connectivity index (χ3v) is 14.1. The number of β-amino-alcohol motifs (C(OH)–C–C–N with tert-alkyl or cyclic N) is 1. The first-order valence-corrected chi connectivity index (χ1v) is 27.9. The summed E-state index contributed by atoms with van der Waals surface area (Å²) < 4.78 is 0. The molecule has 3 heterocycles. The Morgan fingerprint density at radius 1 is 0.614 bits per heavy atom. The summed E-state index contributed by atoms with van der Waals surface area (Å²) in [6.45, 7) is 2.91. The number of aliphatic hydroxyl groups excluding tert-OH is 1. The minimum absolute atomic E-state index is 0.00744. The third kappa shape index (κ3) is 22.2. The number of aliphatic imine (C=N–C) groups is 3. The van der Waals surface area contributed by atoms with E-state index in [0.717, 1.165) is 4.90 Å². The molecule has 9 atom stereocenters. The molecule has 83 heavy (non-hydrogen) atoms. The molecule has 460 valence electrons. The molecular formula is C52H85N19O12. The molecule has 1 aromatic carbocycles. The van der Waals surface area contributed by atoms with Crippen LogP contribution >= 0.6 is 0 Å². The van der Waals surface area contributed by atoms with E-state index in [-0.39, 0.29) is 127 Å². The first-order chi connectivity index (χ1) is 39.4. The second-order valence-electron chi connectivity index (χ2n) is 21.2. The number of hydrogen-bond acceptors (Lipinski definition) is 15. The fourth-order valence-corrected chi connectivity index (χ4v) is 9.99. The number of nitrogens with zero attached hydrogens (tertiary/aromatic N) is 6. The van der Waals surface area contributed by atoms with Gasteiger partial charge in [-0.05, 0) is 82.1 Å². The molecule has 0 aromatic heterocycles. The van der Waals surface area contributed by atoms with E-state index in [1.165, 1.54) is 9.80 Å². The lowest BCUT2D eigenvalue weighted by Crippen LogP contribution is -2.58. The van der Waals surface area contributed by atoms with E-state index in [4.69, 9.17) is 40.1 Å². The maximum Gasteiger partial charge on any atom is 0.326 e. The number of carbonyl (C=O) groups is 10. The normalized spacial score (nSPS) is 19.2. The Morgan fingerprint density at radius 3 is 1.77 bits per heavy atom. The Hall–Kier alpha value is -8.35. The lowest BCUT2D eigenvalue weighted by Gasteiger charge is -2.33. The molecule has 0 bridgehead atoms. The van der Waals surface area contributed by atoms with Gasteiger partial charge in [-0.3, -0.25) is 58.1 Å². The lowest BCUT2D eigenvalue weighted by molar-refractivity contribution is -0.148. The number of nitrogens with one attached hydrogen (secondary N) is 6. The Morgan fingerprint density at radius 2 is 1.18 bits per heavy atom. The maximum absolute atomic E-state index is 14.3.